The molecule has 0 radical (unpaired) electrons. The van der Waals surface area contributed by atoms with Crippen molar-refractivity contribution in [2.24, 2.45) is 0 Å². The number of carbonyl (C=O) groups excluding carboxylic acids is 2. The van der Waals surface area contributed by atoms with Crippen molar-refractivity contribution in [1.29, 1.82) is 0 Å². The number of anilines is 1. The predicted molar refractivity (Wildman–Crippen MR) is 132 cm³/mol. The van der Waals surface area contributed by atoms with Gasteiger partial charge in [0.15, 0.2) is 5.01 Å². The second kappa shape index (κ2) is 11.7. The first-order valence-corrected chi connectivity index (χ1v) is 11.7. The Kier molecular flexibility index (Phi) is 7.97. The van der Waals surface area contributed by atoms with Crippen molar-refractivity contribution in [3.05, 3.63) is 106 Å². The molecule has 1 heterocycles. The van der Waals surface area contributed by atoms with E-state index in [1.54, 1.807) is 24.3 Å². The summed E-state index contributed by atoms with van der Waals surface area (Å²) >= 11 is 1.17. The molecule has 0 atom stereocenters. The molecule has 2 amide bonds. The smallest absolute Gasteiger partial charge is 0.286 e. The molecule has 1 aromatic heterocycles. The van der Waals surface area contributed by atoms with Gasteiger partial charge in [0.25, 0.3) is 11.8 Å². The highest BCUT2D eigenvalue weighted by atomic mass is 32.1. The minimum absolute atomic E-state index is 0.141. The van der Waals surface area contributed by atoms with Crippen molar-refractivity contribution in [2.45, 2.75) is 19.4 Å². The van der Waals surface area contributed by atoms with Crippen LogP contribution < -0.4 is 15.4 Å². The quantitative estimate of drug-likeness (QED) is 0.326. The number of para-hydroxylation sites is 1. The van der Waals surface area contributed by atoms with Crippen LogP contribution in [0.5, 0.6) is 5.75 Å². The van der Waals surface area contributed by atoms with Crippen LogP contribution in [0.15, 0.2) is 84.9 Å². The van der Waals surface area contributed by atoms with Crippen LogP contribution in [0.4, 0.5) is 5.69 Å². The van der Waals surface area contributed by atoms with Gasteiger partial charge in [-0.3, -0.25) is 9.59 Å². The second-order valence-electron chi connectivity index (χ2n) is 7.48. The van der Waals surface area contributed by atoms with E-state index in [0.29, 0.717) is 22.8 Å². The highest BCUT2D eigenvalue weighted by Gasteiger charge is 2.14. The molecular weight excluding hydrogens is 448 g/mol. The summed E-state index contributed by atoms with van der Waals surface area (Å²) < 4.78 is 5.63. The van der Waals surface area contributed by atoms with Crippen LogP contribution in [0.2, 0.25) is 0 Å². The van der Waals surface area contributed by atoms with E-state index >= 15 is 0 Å². The fraction of sp³-hybridized carbons (Fsp3) is 0.154. The van der Waals surface area contributed by atoms with Gasteiger partial charge < -0.3 is 15.4 Å². The molecule has 0 saturated heterocycles. The van der Waals surface area contributed by atoms with Gasteiger partial charge in [0.2, 0.25) is 5.01 Å². The first kappa shape index (κ1) is 23.1. The Balaban J connectivity index is 1.22. The summed E-state index contributed by atoms with van der Waals surface area (Å²) in [5, 5.41) is 14.5. The van der Waals surface area contributed by atoms with E-state index in [1.165, 1.54) is 16.9 Å². The maximum Gasteiger partial charge on any atom is 0.286 e. The molecule has 7 nitrogen and oxygen atoms in total. The molecule has 0 unspecified atom stereocenters. The van der Waals surface area contributed by atoms with Gasteiger partial charge in [0, 0.05) is 17.8 Å². The van der Waals surface area contributed by atoms with Gasteiger partial charge in [-0.2, -0.15) is 0 Å². The summed E-state index contributed by atoms with van der Waals surface area (Å²) in [7, 11) is 0. The topological polar surface area (TPSA) is 93.2 Å². The molecule has 0 aliphatic rings. The van der Waals surface area contributed by atoms with Gasteiger partial charge >= 0.3 is 0 Å². The summed E-state index contributed by atoms with van der Waals surface area (Å²) in [6.45, 7) is 0.837. The molecule has 4 rings (SSSR count). The van der Waals surface area contributed by atoms with Crippen molar-refractivity contribution in [3.63, 3.8) is 0 Å². The van der Waals surface area contributed by atoms with Gasteiger partial charge in [0.1, 0.15) is 12.4 Å². The molecule has 4 aromatic rings. The molecule has 0 bridgehead atoms. The van der Waals surface area contributed by atoms with Crippen molar-refractivity contribution in [2.75, 3.05) is 11.9 Å². The summed E-state index contributed by atoms with van der Waals surface area (Å²) in [4.78, 5) is 24.8. The summed E-state index contributed by atoms with van der Waals surface area (Å²) in [5.41, 5.74) is 2.36. The molecule has 3 aromatic carbocycles. The third kappa shape index (κ3) is 6.73. The Morgan fingerprint density at radius 2 is 1.53 bits per heavy atom. The molecule has 0 aliphatic carbocycles. The Labute approximate surface area is 201 Å². The van der Waals surface area contributed by atoms with Crippen molar-refractivity contribution in [1.82, 2.24) is 15.5 Å². The number of carbonyl (C=O) groups is 2. The number of nitrogens with one attached hydrogen (secondary N) is 2. The molecule has 0 saturated carbocycles. The lowest BCUT2D eigenvalue weighted by atomic mass is 10.1. The summed E-state index contributed by atoms with van der Waals surface area (Å²) in [6, 6.07) is 26.3. The number of rotatable bonds is 10. The largest absolute Gasteiger partial charge is 0.486 e. The Bertz CT molecular complexity index is 1210. The number of hydrogen-bond donors (Lipinski definition) is 2. The second-order valence-corrected chi connectivity index (χ2v) is 8.54. The van der Waals surface area contributed by atoms with Crippen molar-refractivity contribution < 1.29 is 14.3 Å². The van der Waals surface area contributed by atoms with Crippen LogP contribution in [-0.4, -0.2) is 28.6 Å². The third-order valence-electron chi connectivity index (χ3n) is 4.94. The van der Waals surface area contributed by atoms with Crippen LogP contribution in [0.1, 0.15) is 37.2 Å². The maximum absolute atomic E-state index is 12.5. The first-order chi connectivity index (χ1) is 16.7. The van der Waals surface area contributed by atoms with Gasteiger partial charge in [0.05, 0.1) is 0 Å². The van der Waals surface area contributed by atoms with E-state index in [4.69, 9.17) is 4.74 Å². The van der Waals surface area contributed by atoms with Crippen molar-refractivity contribution in [3.8, 4) is 5.75 Å². The molecule has 0 fully saturated rings. The molecule has 172 valence electrons. The minimum Gasteiger partial charge on any atom is -0.486 e. The zero-order chi connectivity index (χ0) is 23.6. The Morgan fingerprint density at radius 3 is 2.26 bits per heavy atom. The first-order valence-electron chi connectivity index (χ1n) is 10.9. The fourth-order valence-corrected chi connectivity index (χ4v) is 3.84. The average Bonchev–Trinajstić information content (AvgIpc) is 3.36. The van der Waals surface area contributed by atoms with Gasteiger partial charge in [-0.15, -0.1) is 10.2 Å². The van der Waals surface area contributed by atoms with E-state index in [9.17, 15) is 9.59 Å². The Hall–Kier alpha value is -4.04. The van der Waals surface area contributed by atoms with E-state index in [-0.39, 0.29) is 23.4 Å². The number of benzene rings is 3. The zero-order valence-corrected chi connectivity index (χ0v) is 19.3. The predicted octanol–water partition coefficient (Wildman–Crippen LogP) is 4.73. The summed E-state index contributed by atoms with van der Waals surface area (Å²) in [6.07, 6.45) is 1.78. The van der Waals surface area contributed by atoms with Gasteiger partial charge in [-0.05, 0) is 54.8 Å². The molecule has 34 heavy (non-hydrogen) atoms. The molecule has 0 spiro atoms. The molecule has 0 aliphatic heterocycles. The minimum atomic E-state index is -0.360. The molecule has 2 N–H and O–H groups in total. The van der Waals surface area contributed by atoms with Crippen LogP contribution >= 0.6 is 11.3 Å². The molecule has 8 heteroatoms. The number of aryl methyl sites for hydroxylation is 1. The van der Waals surface area contributed by atoms with E-state index in [0.717, 1.165) is 18.6 Å². The normalized spacial score (nSPS) is 10.5. The monoisotopic (exact) mass is 472 g/mol. The van der Waals surface area contributed by atoms with E-state index in [1.807, 2.05) is 48.5 Å². The highest BCUT2D eigenvalue weighted by molar-refractivity contribution is 7.13. The standard InChI is InChI=1S/C26H24N4O3S/c31-24(27-17-7-10-19-8-3-1-4-9-19)20-13-15-21(16-14-20)28-25(32)26-30-29-23(34-26)18-33-22-11-5-2-6-12-22/h1-6,8-9,11-16H,7,10,17-18H2,(H,27,31)(H,28,32). The lowest BCUT2D eigenvalue weighted by Crippen LogP contribution is -2.24. The van der Waals surface area contributed by atoms with Crippen LogP contribution in [0, 0.1) is 0 Å². The average molecular weight is 473 g/mol. The lowest BCUT2D eigenvalue weighted by Gasteiger charge is -2.07. The Morgan fingerprint density at radius 1 is 0.824 bits per heavy atom. The summed E-state index contributed by atoms with van der Waals surface area (Å²) in [5.74, 6) is 0.226. The van der Waals surface area contributed by atoms with Crippen LogP contribution in [-0.2, 0) is 13.0 Å². The van der Waals surface area contributed by atoms with Gasteiger partial charge in [-0.25, -0.2) is 0 Å². The fourth-order valence-electron chi connectivity index (χ4n) is 3.20. The molecular formula is C26H24N4O3S. The number of aromatic nitrogens is 2. The SMILES string of the molecule is O=C(NCCCc1ccccc1)c1ccc(NC(=O)c2nnc(COc3ccccc3)s2)cc1. The number of hydrogen-bond acceptors (Lipinski definition) is 6. The lowest BCUT2D eigenvalue weighted by molar-refractivity contribution is 0.0952. The van der Waals surface area contributed by atoms with Gasteiger partial charge in [-0.1, -0.05) is 59.9 Å². The number of nitrogens with zero attached hydrogens (tertiary/aromatic N) is 2. The van der Waals surface area contributed by atoms with E-state index in [2.05, 4.69) is 33.0 Å². The van der Waals surface area contributed by atoms with E-state index < -0.39 is 0 Å². The highest BCUT2D eigenvalue weighted by Crippen LogP contribution is 2.17. The van der Waals surface area contributed by atoms with Crippen LogP contribution in [0.25, 0.3) is 0 Å². The number of amides is 2. The van der Waals surface area contributed by atoms with Crippen molar-refractivity contribution >= 4 is 28.8 Å². The number of ether oxygens (including phenoxy) is 1. The maximum atomic E-state index is 12.5. The zero-order valence-electron chi connectivity index (χ0n) is 18.4. The van der Waals surface area contributed by atoms with Crippen LogP contribution in [0.3, 0.4) is 0 Å². The third-order valence-corrected chi connectivity index (χ3v) is 5.84.